The molecule has 1 aromatic heterocycles. The fourth-order valence-corrected chi connectivity index (χ4v) is 3.03. The van der Waals surface area contributed by atoms with E-state index < -0.39 is 18.7 Å². The van der Waals surface area contributed by atoms with Gasteiger partial charge in [-0.25, -0.2) is 4.98 Å². The molecule has 8 heteroatoms. The van der Waals surface area contributed by atoms with Gasteiger partial charge in [0.05, 0.1) is 5.69 Å². The molecule has 0 bridgehead atoms. The zero-order valence-electron chi connectivity index (χ0n) is 14.4. The van der Waals surface area contributed by atoms with Crippen molar-refractivity contribution in [1.82, 2.24) is 4.98 Å². The van der Waals surface area contributed by atoms with Crippen LogP contribution in [0.3, 0.4) is 0 Å². The number of rotatable bonds is 6. The number of benzene rings is 2. The normalized spacial score (nSPS) is 11.1. The molecule has 4 nitrogen and oxygen atoms in total. The van der Waals surface area contributed by atoms with Gasteiger partial charge >= 0.3 is 6.18 Å². The molecule has 2 aromatic carbocycles. The van der Waals surface area contributed by atoms with E-state index in [9.17, 15) is 18.0 Å². The van der Waals surface area contributed by atoms with E-state index in [0.29, 0.717) is 5.56 Å². The summed E-state index contributed by atoms with van der Waals surface area (Å²) >= 11 is 1.45. The van der Waals surface area contributed by atoms with Crippen LogP contribution in [-0.2, 0) is 0 Å². The van der Waals surface area contributed by atoms with Crippen LogP contribution in [0.2, 0.25) is 0 Å². The summed E-state index contributed by atoms with van der Waals surface area (Å²) in [5, 5.41) is 3.41. The van der Waals surface area contributed by atoms with Crippen molar-refractivity contribution in [1.29, 1.82) is 0 Å². The van der Waals surface area contributed by atoms with Crippen LogP contribution in [0.1, 0.15) is 10.4 Å². The molecule has 0 aliphatic rings. The van der Waals surface area contributed by atoms with Gasteiger partial charge in [0.25, 0.3) is 5.91 Å². The summed E-state index contributed by atoms with van der Waals surface area (Å²) in [6, 6.07) is 18.4. The van der Waals surface area contributed by atoms with E-state index in [1.54, 1.807) is 36.5 Å². The first-order valence-electron chi connectivity index (χ1n) is 8.19. The van der Waals surface area contributed by atoms with Crippen molar-refractivity contribution in [2.45, 2.75) is 16.1 Å². The number of hydrogen-bond donors (Lipinski definition) is 1. The zero-order valence-corrected chi connectivity index (χ0v) is 15.3. The summed E-state index contributed by atoms with van der Waals surface area (Å²) in [7, 11) is 0. The molecule has 1 amide bonds. The topological polar surface area (TPSA) is 51.2 Å². The quantitative estimate of drug-likeness (QED) is 0.596. The second-order valence-corrected chi connectivity index (χ2v) is 6.74. The van der Waals surface area contributed by atoms with E-state index in [1.165, 1.54) is 30.0 Å². The second-order valence-electron chi connectivity index (χ2n) is 5.65. The molecular weight excluding hydrogens is 389 g/mol. The van der Waals surface area contributed by atoms with Crippen LogP contribution in [0, 0.1) is 0 Å². The van der Waals surface area contributed by atoms with Crippen LogP contribution in [0.5, 0.6) is 5.75 Å². The van der Waals surface area contributed by atoms with Crippen molar-refractivity contribution in [2.24, 2.45) is 0 Å². The van der Waals surface area contributed by atoms with Crippen LogP contribution in [-0.4, -0.2) is 23.7 Å². The fraction of sp³-hybridized carbons (Fsp3) is 0.100. The molecule has 0 unspecified atom stereocenters. The molecule has 3 aromatic rings. The maximum absolute atomic E-state index is 12.4. The molecule has 3 rings (SSSR count). The number of halogens is 3. The predicted molar refractivity (Wildman–Crippen MR) is 101 cm³/mol. The van der Waals surface area contributed by atoms with Gasteiger partial charge in [0.2, 0.25) is 0 Å². The molecule has 0 aliphatic carbocycles. The van der Waals surface area contributed by atoms with Gasteiger partial charge in [-0.1, -0.05) is 30.0 Å². The lowest BCUT2D eigenvalue weighted by Crippen LogP contribution is -2.20. The summed E-state index contributed by atoms with van der Waals surface area (Å²) < 4.78 is 41.9. The third kappa shape index (κ3) is 5.75. The molecule has 0 aliphatic heterocycles. The van der Waals surface area contributed by atoms with Gasteiger partial charge in [-0.05, 0) is 48.5 Å². The summed E-state index contributed by atoms with van der Waals surface area (Å²) in [4.78, 5) is 17.6. The number of aromatic nitrogens is 1. The summed E-state index contributed by atoms with van der Waals surface area (Å²) in [5.41, 5.74) is 0.541. The Kier molecular flexibility index (Phi) is 6.20. The number of nitrogens with zero attached hydrogens (tertiary/aromatic N) is 1. The minimum atomic E-state index is -4.46. The molecule has 0 spiro atoms. The van der Waals surface area contributed by atoms with Crippen LogP contribution in [0.25, 0.3) is 0 Å². The number of ether oxygens (including phenoxy) is 1. The van der Waals surface area contributed by atoms with E-state index in [1.807, 2.05) is 18.2 Å². The molecule has 28 heavy (non-hydrogen) atoms. The molecule has 0 fully saturated rings. The molecular formula is C20H15F3N2O2S. The van der Waals surface area contributed by atoms with E-state index in [-0.39, 0.29) is 11.4 Å². The summed E-state index contributed by atoms with van der Waals surface area (Å²) in [6.45, 7) is -1.43. The van der Waals surface area contributed by atoms with Crippen molar-refractivity contribution in [3.8, 4) is 5.75 Å². The fourth-order valence-electron chi connectivity index (χ4n) is 2.25. The van der Waals surface area contributed by atoms with Crippen molar-refractivity contribution >= 4 is 23.4 Å². The monoisotopic (exact) mass is 404 g/mol. The van der Waals surface area contributed by atoms with Gasteiger partial charge in [-0.3, -0.25) is 4.79 Å². The maximum Gasteiger partial charge on any atom is 0.422 e. The lowest BCUT2D eigenvalue weighted by atomic mass is 10.2. The standard InChI is InChI=1S/C20H15F3N2O2S/c21-20(22,23)13-27-17-6-2-1-5-16(17)25-19(26)14-8-10-15(11-9-14)28-18-7-3-4-12-24-18/h1-12H,13H2,(H,25,26). The Morgan fingerprint density at radius 1 is 1.00 bits per heavy atom. The van der Waals surface area contributed by atoms with Crippen LogP contribution in [0.4, 0.5) is 18.9 Å². The van der Waals surface area contributed by atoms with Gasteiger partial charge in [0.1, 0.15) is 10.8 Å². The van der Waals surface area contributed by atoms with Crippen molar-refractivity contribution in [3.05, 3.63) is 78.5 Å². The third-order valence-corrected chi connectivity index (χ3v) is 4.46. The van der Waals surface area contributed by atoms with Gasteiger partial charge < -0.3 is 10.1 Å². The SMILES string of the molecule is O=C(Nc1ccccc1OCC(F)(F)F)c1ccc(Sc2ccccn2)cc1. The Hall–Kier alpha value is -3.00. The van der Waals surface area contributed by atoms with E-state index in [4.69, 9.17) is 4.74 Å². The first kappa shape index (κ1) is 19.8. The Labute approximate surface area is 163 Å². The van der Waals surface area contributed by atoms with Gasteiger partial charge in [0.15, 0.2) is 6.61 Å². The van der Waals surface area contributed by atoms with E-state index >= 15 is 0 Å². The van der Waals surface area contributed by atoms with Crippen LogP contribution < -0.4 is 10.1 Å². The minimum Gasteiger partial charge on any atom is -0.482 e. The number of hydrogen-bond acceptors (Lipinski definition) is 4. The van der Waals surface area contributed by atoms with E-state index in [2.05, 4.69) is 10.3 Å². The number of alkyl halides is 3. The first-order valence-corrected chi connectivity index (χ1v) is 9.01. The second kappa shape index (κ2) is 8.79. The number of nitrogens with one attached hydrogen (secondary N) is 1. The van der Waals surface area contributed by atoms with Crippen molar-refractivity contribution < 1.29 is 22.7 Å². The molecule has 0 atom stereocenters. The Morgan fingerprint density at radius 3 is 2.39 bits per heavy atom. The molecule has 1 N–H and O–H groups in total. The third-order valence-electron chi connectivity index (χ3n) is 3.50. The number of pyridine rings is 1. The van der Waals surface area contributed by atoms with Crippen LogP contribution >= 0.6 is 11.8 Å². The van der Waals surface area contributed by atoms with Crippen molar-refractivity contribution in [3.63, 3.8) is 0 Å². The molecule has 0 saturated carbocycles. The highest BCUT2D eigenvalue weighted by Crippen LogP contribution is 2.28. The highest BCUT2D eigenvalue weighted by Gasteiger charge is 2.28. The number of anilines is 1. The van der Waals surface area contributed by atoms with E-state index in [0.717, 1.165) is 9.92 Å². The predicted octanol–water partition coefficient (Wildman–Crippen LogP) is 5.43. The summed E-state index contributed by atoms with van der Waals surface area (Å²) in [6.07, 6.45) is -2.76. The average Bonchev–Trinajstić information content (AvgIpc) is 2.68. The lowest BCUT2D eigenvalue weighted by molar-refractivity contribution is -0.153. The number of para-hydroxylation sites is 2. The van der Waals surface area contributed by atoms with Gasteiger partial charge in [-0.2, -0.15) is 13.2 Å². The average molecular weight is 404 g/mol. The lowest BCUT2D eigenvalue weighted by Gasteiger charge is -2.14. The van der Waals surface area contributed by atoms with Crippen LogP contribution in [0.15, 0.2) is 82.8 Å². The molecule has 144 valence electrons. The smallest absolute Gasteiger partial charge is 0.422 e. The summed E-state index contributed by atoms with van der Waals surface area (Å²) in [5.74, 6) is -0.493. The largest absolute Gasteiger partial charge is 0.482 e. The Bertz CT molecular complexity index is 932. The van der Waals surface area contributed by atoms with Gasteiger partial charge in [0, 0.05) is 16.7 Å². The Balaban J connectivity index is 1.66. The zero-order chi connectivity index (χ0) is 20.0. The Morgan fingerprint density at radius 2 is 1.71 bits per heavy atom. The number of carbonyl (C=O) groups is 1. The molecule has 0 radical (unpaired) electrons. The highest BCUT2D eigenvalue weighted by molar-refractivity contribution is 7.99. The minimum absolute atomic E-state index is 0.0458. The first-order chi connectivity index (χ1) is 13.4. The number of amides is 1. The maximum atomic E-state index is 12.4. The highest BCUT2D eigenvalue weighted by atomic mass is 32.2. The molecule has 1 heterocycles. The van der Waals surface area contributed by atoms with Crippen molar-refractivity contribution in [2.75, 3.05) is 11.9 Å². The number of carbonyl (C=O) groups excluding carboxylic acids is 1. The van der Waals surface area contributed by atoms with Gasteiger partial charge in [-0.15, -0.1) is 0 Å². The molecule has 0 saturated heterocycles.